The highest BCUT2D eigenvalue weighted by Gasteiger charge is 2.40. The zero-order valence-corrected chi connectivity index (χ0v) is 19.4. The summed E-state index contributed by atoms with van der Waals surface area (Å²) in [5, 5.41) is 16.0. The molecule has 0 saturated carbocycles. The van der Waals surface area contributed by atoms with Crippen molar-refractivity contribution in [3.8, 4) is 11.3 Å². The predicted molar refractivity (Wildman–Crippen MR) is 118 cm³/mol. The lowest BCUT2D eigenvalue weighted by atomic mass is 10.1. The molecule has 1 aliphatic rings. The third-order valence-electron chi connectivity index (χ3n) is 5.36. The number of carbonyl (C=O) groups is 1. The Morgan fingerprint density at radius 1 is 1.09 bits per heavy atom. The standard InChI is InChI=1S/C23H25F3N6O3/c1-22(2,3)35-21(33)31-12-19(32-11-18(29-30-32)16-8-9-27-28-10-16)20(13-31)34-14-15-4-6-17(7-5-15)23(24,25)26/h4-11,19-20H,12-14H2,1-3H3/t19-,20-/m1/s1. The quantitative estimate of drug-likeness (QED) is 0.531. The highest BCUT2D eigenvalue weighted by Crippen LogP contribution is 2.30. The van der Waals surface area contributed by atoms with E-state index >= 15 is 0 Å². The second-order valence-corrected chi connectivity index (χ2v) is 9.21. The molecule has 3 heterocycles. The molecule has 1 aromatic carbocycles. The van der Waals surface area contributed by atoms with Crippen molar-refractivity contribution in [1.29, 1.82) is 0 Å². The number of amides is 1. The second kappa shape index (κ2) is 9.61. The number of halogens is 3. The van der Waals surface area contributed by atoms with E-state index < -0.39 is 29.5 Å². The van der Waals surface area contributed by atoms with E-state index in [0.717, 1.165) is 17.7 Å². The van der Waals surface area contributed by atoms with Gasteiger partial charge in [-0.2, -0.15) is 23.4 Å². The number of alkyl halides is 3. The summed E-state index contributed by atoms with van der Waals surface area (Å²) in [6, 6.07) is 6.16. The molecule has 186 valence electrons. The lowest BCUT2D eigenvalue weighted by Gasteiger charge is -2.24. The van der Waals surface area contributed by atoms with Gasteiger partial charge in [0, 0.05) is 12.1 Å². The zero-order valence-electron chi connectivity index (χ0n) is 19.4. The number of rotatable bonds is 5. The fraction of sp³-hybridized carbons (Fsp3) is 0.435. The van der Waals surface area contributed by atoms with E-state index in [1.165, 1.54) is 17.0 Å². The average Bonchev–Trinajstić information content (AvgIpc) is 3.44. The SMILES string of the molecule is CC(C)(C)OC(=O)N1C[C@@H](n2cc(-c3ccnnc3)nn2)[C@H](OCc2ccc(C(F)(F)F)cc2)C1. The van der Waals surface area contributed by atoms with Crippen LogP contribution in [0.1, 0.15) is 37.9 Å². The van der Waals surface area contributed by atoms with Gasteiger partial charge in [0.15, 0.2) is 0 Å². The van der Waals surface area contributed by atoms with Crippen LogP contribution in [-0.4, -0.2) is 61.0 Å². The van der Waals surface area contributed by atoms with Gasteiger partial charge in [-0.15, -0.1) is 5.10 Å². The van der Waals surface area contributed by atoms with Crippen molar-refractivity contribution in [3.05, 3.63) is 60.0 Å². The van der Waals surface area contributed by atoms with Gasteiger partial charge in [0.25, 0.3) is 0 Å². The Hall–Kier alpha value is -3.54. The number of benzene rings is 1. The largest absolute Gasteiger partial charge is 0.444 e. The van der Waals surface area contributed by atoms with E-state index in [2.05, 4.69) is 20.5 Å². The van der Waals surface area contributed by atoms with Crippen molar-refractivity contribution in [2.75, 3.05) is 13.1 Å². The van der Waals surface area contributed by atoms with Crippen LogP contribution in [0.4, 0.5) is 18.0 Å². The maximum atomic E-state index is 12.8. The number of hydrogen-bond acceptors (Lipinski definition) is 7. The minimum Gasteiger partial charge on any atom is -0.444 e. The number of carbonyl (C=O) groups excluding carboxylic acids is 1. The number of aromatic nitrogens is 5. The summed E-state index contributed by atoms with van der Waals surface area (Å²) in [5.74, 6) is 0. The molecule has 1 saturated heterocycles. The summed E-state index contributed by atoms with van der Waals surface area (Å²) < 4.78 is 51.7. The molecular weight excluding hydrogens is 465 g/mol. The third-order valence-corrected chi connectivity index (χ3v) is 5.36. The van der Waals surface area contributed by atoms with Crippen LogP contribution in [0.25, 0.3) is 11.3 Å². The van der Waals surface area contributed by atoms with Gasteiger partial charge in [-0.05, 0) is 44.5 Å². The van der Waals surface area contributed by atoms with E-state index in [1.807, 2.05) is 0 Å². The second-order valence-electron chi connectivity index (χ2n) is 9.21. The van der Waals surface area contributed by atoms with Crippen molar-refractivity contribution in [2.24, 2.45) is 0 Å². The van der Waals surface area contributed by atoms with Crippen molar-refractivity contribution < 1.29 is 27.4 Å². The first-order chi connectivity index (χ1) is 16.5. The molecule has 2 aromatic heterocycles. The Bertz CT molecular complexity index is 1150. The van der Waals surface area contributed by atoms with Crippen molar-refractivity contribution in [1.82, 2.24) is 30.1 Å². The Morgan fingerprint density at radius 2 is 1.83 bits per heavy atom. The number of likely N-dealkylation sites (tertiary alicyclic amines) is 1. The van der Waals surface area contributed by atoms with Crippen LogP contribution in [0, 0.1) is 0 Å². The van der Waals surface area contributed by atoms with Crippen LogP contribution in [0.2, 0.25) is 0 Å². The van der Waals surface area contributed by atoms with Gasteiger partial charge in [0.2, 0.25) is 0 Å². The van der Waals surface area contributed by atoms with Gasteiger partial charge in [-0.25, -0.2) is 9.48 Å². The molecule has 4 rings (SSSR count). The monoisotopic (exact) mass is 490 g/mol. The van der Waals surface area contributed by atoms with Crippen LogP contribution in [0.15, 0.2) is 48.9 Å². The van der Waals surface area contributed by atoms with Crippen LogP contribution < -0.4 is 0 Å². The minimum atomic E-state index is -4.40. The van der Waals surface area contributed by atoms with E-state index in [-0.39, 0.29) is 25.7 Å². The highest BCUT2D eigenvalue weighted by atomic mass is 19.4. The molecule has 9 nitrogen and oxygen atoms in total. The predicted octanol–water partition coefficient (Wildman–Crippen LogP) is 4.13. The average molecular weight is 490 g/mol. The summed E-state index contributed by atoms with van der Waals surface area (Å²) in [6.45, 7) is 5.91. The van der Waals surface area contributed by atoms with Gasteiger partial charge in [0.1, 0.15) is 11.3 Å². The van der Waals surface area contributed by atoms with Crippen LogP contribution >= 0.6 is 0 Å². The lowest BCUT2D eigenvalue weighted by Crippen LogP contribution is -2.36. The number of nitrogens with zero attached hydrogens (tertiary/aromatic N) is 6. The van der Waals surface area contributed by atoms with Crippen LogP contribution in [0.3, 0.4) is 0 Å². The Balaban J connectivity index is 1.51. The van der Waals surface area contributed by atoms with E-state index in [1.54, 1.807) is 50.1 Å². The maximum Gasteiger partial charge on any atom is 0.416 e. The Kier molecular flexibility index (Phi) is 6.75. The molecule has 1 aliphatic heterocycles. The third kappa shape index (κ3) is 6.13. The number of ether oxygens (including phenoxy) is 2. The summed E-state index contributed by atoms with van der Waals surface area (Å²) in [7, 11) is 0. The molecule has 12 heteroatoms. The minimum absolute atomic E-state index is 0.0668. The molecule has 1 fully saturated rings. The highest BCUT2D eigenvalue weighted by molar-refractivity contribution is 5.68. The lowest BCUT2D eigenvalue weighted by molar-refractivity contribution is -0.137. The summed E-state index contributed by atoms with van der Waals surface area (Å²) >= 11 is 0. The van der Waals surface area contributed by atoms with E-state index in [0.29, 0.717) is 11.3 Å². The van der Waals surface area contributed by atoms with Crippen LogP contribution in [0.5, 0.6) is 0 Å². The van der Waals surface area contributed by atoms with Crippen molar-refractivity contribution in [2.45, 2.75) is 51.3 Å². The summed E-state index contributed by atoms with van der Waals surface area (Å²) in [5.41, 5.74) is 0.500. The Morgan fingerprint density at radius 3 is 2.46 bits per heavy atom. The molecule has 0 bridgehead atoms. The molecule has 0 radical (unpaired) electrons. The molecule has 35 heavy (non-hydrogen) atoms. The normalized spacial score (nSPS) is 18.6. The smallest absolute Gasteiger partial charge is 0.416 e. The molecule has 3 aromatic rings. The molecule has 0 aliphatic carbocycles. The van der Waals surface area contributed by atoms with Gasteiger partial charge in [-0.3, -0.25) is 0 Å². The van der Waals surface area contributed by atoms with Crippen LogP contribution in [-0.2, 0) is 22.3 Å². The molecule has 0 spiro atoms. The van der Waals surface area contributed by atoms with Crippen molar-refractivity contribution in [3.63, 3.8) is 0 Å². The van der Waals surface area contributed by atoms with Gasteiger partial charge in [-0.1, -0.05) is 17.3 Å². The molecule has 0 N–H and O–H groups in total. The number of hydrogen-bond donors (Lipinski definition) is 0. The van der Waals surface area contributed by atoms with Gasteiger partial charge >= 0.3 is 12.3 Å². The molecule has 0 unspecified atom stereocenters. The fourth-order valence-corrected chi connectivity index (χ4v) is 3.66. The zero-order chi connectivity index (χ0) is 25.2. The van der Waals surface area contributed by atoms with E-state index in [9.17, 15) is 18.0 Å². The van der Waals surface area contributed by atoms with Gasteiger partial charge in [0.05, 0.1) is 49.5 Å². The first-order valence-corrected chi connectivity index (χ1v) is 10.9. The van der Waals surface area contributed by atoms with Gasteiger partial charge < -0.3 is 14.4 Å². The first-order valence-electron chi connectivity index (χ1n) is 10.9. The molecular formula is C23H25F3N6O3. The van der Waals surface area contributed by atoms with Crippen molar-refractivity contribution >= 4 is 6.09 Å². The molecule has 2 atom stereocenters. The Labute approximate surface area is 199 Å². The topological polar surface area (TPSA) is 95.3 Å². The fourth-order valence-electron chi connectivity index (χ4n) is 3.66. The van der Waals surface area contributed by atoms with E-state index in [4.69, 9.17) is 9.47 Å². The maximum absolute atomic E-state index is 12.8. The summed E-state index contributed by atoms with van der Waals surface area (Å²) in [6.07, 6.45) is -0.538. The summed E-state index contributed by atoms with van der Waals surface area (Å²) in [4.78, 5) is 14.2. The first kappa shape index (κ1) is 24.6. The molecule has 1 amide bonds.